The lowest BCUT2D eigenvalue weighted by molar-refractivity contribution is 0.0259. The summed E-state index contributed by atoms with van der Waals surface area (Å²) in [6, 6.07) is 11.1. The smallest absolute Gasteiger partial charge is 0.271 e. The van der Waals surface area contributed by atoms with Gasteiger partial charge in [0.05, 0.1) is 19.8 Å². The van der Waals surface area contributed by atoms with E-state index >= 15 is 0 Å². The Bertz CT molecular complexity index is 1480. The van der Waals surface area contributed by atoms with Crippen LogP contribution in [-0.2, 0) is 4.74 Å². The molecule has 4 heterocycles. The maximum Gasteiger partial charge on any atom is 0.271 e. The largest absolute Gasteiger partial charge is 0.501 e. The number of carbonyl (C=O) groups excluding carboxylic acids is 1. The summed E-state index contributed by atoms with van der Waals surface area (Å²) in [7, 11) is 3.39. The van der Waals surface area contributed by atoms with Crippen LogP contribution < -0.4 is 4.74 Å². The second kappa shape index (κ2) is 9.80. The van der Waals surface area contributed by atoms with E-state index in [9.17, 15) is 4.79 Å². The molecule has 0 radical (unpaired) electrons. The summed E-state index contributed by atoms with van der Waals surface area (Å²) in [5, 5.41) is 0. The van der Waals surface area contributed by atoms with E-state index in [1.165, 1.54) is 4.90 Å². The molecule has 0 N–H and O–H groups in total. The SMILES string of the molecule is [C-]#[N+]c1cc(-c2ccnc3cc(-c4cnc(C(=O)N(C)C)cc4C)oc23)ccc1OC1CCOCC1. The Morgan fingerprint density at radius 2 is 1.92 bits per heavy atom. The van der Waals surface area contributed by atoms with Gasteiger partial charge in [-0.1, -0.05) is 6.07 Å². The van der Waals surface area contributed by atoms with E-state index < -0.39 is 0 Å². The minimum absolute atomic E-state index is 0.0571. The van der Waals surface area contributed by atoms with Crippen LogP contribution in [0, 0.1) is 13.5 Å². The highest BCUT2D eigenvalue weighted by atomic mass is 16.5. The predicted octanol–water partition coefficient (Wildman–Crippen LogP) is 5.68. The molecule has 36 heavy (non-hydrogen) atoms. The summed E-state index contributed by atoms with van der Waals surface area (Å²) < 4.78 is 17.8. The van der Waals surface area contributed by atoms with E-state index in [-0.39, 0.29) is 12.0 Å². The van der Waals surface area contributed by atoms with Gasteiger partial charge in [-0.25, -0.2) is 4.85 Å². The van der Waals surface area contributed by atoms with Crippen molar-refractivity contribution in [2.24, 2.45) is 0 Å². The zero-order valence-corrected chi connectivity index (χ0v) is 20.4. The van der Waals surface area contributed by atoms with E-state index in [2.05, 4.69) is 14.8 Å². The highest BCUT2D eigenvalue weighted by Crippen LogP contribution is 2.38. The van der Waals surface area contributed by atoms with E-state index in [4.69, 9.17) is 20.5 Å². The Balaban J connectivity index is 1.49. The molecule has 1 aliphatic heterocycles. The Hall–Kier alpha value is -4.22. The fourth-order valence-corrected chi connectivity index (χ4v) is 4.30. The zero-order chi connectivity index (χ0) is 25.2. The molecule has 0 atom stereocenters. The van der Waals surface area contributed by atoms with E-state index in [1.807, 2.05) is 37.3 Å². The first-order valence-electron chi connectivity index (χ1n) is 11.8. The topological polar surface area (TPSA) is 82.1 Å². The molecule has 0 bridgehead atoms. The maximum atomic E-state index is 12.3. The number of hydrogen-bond acceptors (Lipinski definition) is 6. The molecule has 0 saturated carbocycles. The van der Waals surface area contributed by atoms with Gasteiger partial charge in [0.2, 0.25) is 5.69 Å². The molecule has 8 nitrogen and oxygen atoms in total. The predicted molar refractivity (Wildman–Crippen MR) is 136 cm³/mol. The van der Waals surface area contributed by atoms with Crippen molar-refractivity contribution < 1.29 is 18.7 Å². The summed E-state index contributed by atoms with van der Waals surface area (Å²) in [4.78, 5) is 26.3. The van der Waals surface area contributed by atoms with Crippen molar-refractivity contribution in [3.63, 3.8) is 0 Å². The van der Waals surface area contributed by atoms with Crippen LogP contribution in [0.5, 0.6) is 5.75 Å². The number of nitrogens with zero attached hydrogens (tertiary/aromatic N) is 4. The fraction of sp³-hybridized carbons (Fsp3) is 0.286. The summed E-state index contributed by atoms with van der Waals surface area (Å²) in [5.41, 5.74) is 5.49. The fourth-order valence-electron chi connectivity index (χ4n) is 4.30. The van der Waals surface area contributed by atoms with Gasteiger partial charge in [-0.3, -0.25) is 14.8 Å². The van der Waals surface area contributed by atoms with Gasteiger partial charge in [-0.05, 0) is 42.3 Å². The first-order valence-corrected chi connectivity index (χ1v) is 11.8. The van der Waals surface area contributed by atoms with Crippen LogP contribution in [0.1, 0.15) is 28.9 Å². The molecule has 0 spiro atoms. The Kier molecular flexibility index (Phi) is 6.40. The van der Waals surface area contributed by atoms with Crippen molar-refractivity contribution in [1.82, 2.24) is 14.9 Å². The summed E-state index contributed by atoms with van der Waals surface area (Å²) >= 11 is 0. The van der Waals surface area contributed by atoms with Crippen LogP contribution >= 0.6 is 0 Å². The normalized spacial score (nSPS) is 13.9. The van der Waals surface area contributed by atoms with Gasteiger partial charge in [0.25, 0.3) is 5.91 Å². The third-order valence-electron chi connectivity index (χ3n) is 6.27. The van der Waals surface area contributed by atoms with Gasteiger partial charge in [0, 0.05) is 56.5 Å². The van der Waals surface area contributed by atoms with Crippen molar-refractivity contribution in [2.45, 2.75) is 25.9 Å². The van der Waals surface area contributed by atoms with E-state index in [0.29, 0.717) is 47.2 Å². The van der Waals surface area contributed by atoms with Crippen molar-refractivity contribution in [3.8, 4) is 28.2 Å². The van der Waals surface area contributed by atoms with E-state index in [1.54, 1.807) is 32.6 Å². The summed E-state index contributed by atoms with van der Waals surface area (Å²) in [6.07, 6.45) is 5.07. The minimum Gasteiger partial charge on any atom is -0.501 e. The Labute approximate surface area is 209 Å². The highest BCUT2D eigenvalue weighted by Gasteiger charge is 2.20. The number of carbonyl (C=O) groups is 1. The molecular weight excluding hydrogens is 456 g/mol. The first kappa shape index (κ1) is 23.5. The van der Waals surface area contributed by atoms with Crippen molar-refractivity contribution in [2.75, 3.05) is 27.3 Å². The third kappa shape index (κ3) is 4.53. The molecule has 3 aromatic heterocycles. The van der Waals surface area contributed by atoms with Crippen LogP contribution in [0.25, 0.3) is 38.4 Å². The molecule has 0 unspecified atom stereocenters. The molecule has 1 aromatic carbocycles. The van der Waals surface area contributed by atoms with Crippen LogP contribution in [0.4, 0.5) is 5.69 Å². The third-order valence-corrected chi connectivity index (χ3v) is 6.27. The number of amides is 1. The molecule has 8 heteroatoms. The van der Waals surface area contributed by atoms with Gasteiger partial charge < -0.3 is 18.8 Å². The average Bonchev–Trinajstić information content (AvgIpc) is 3.33. The van der Waals surface area contributed by atoms with Crippen molar-refractivity contribution in [3.05, 3.63) is 71.5 Å². The number of benzene rings is 1. The zero-order valence-electron chi connectivity index (χ0n) is 20.4. The quantitative estimate of drug-likeness (QED) is 0.341. The molecule has 1 fully saturated rings. The van der Waals surface area contributed by atoms with Crippen LogP contribution in [-0.4, -0.2) is 54.2 Å². The molecule has 182 valence electrons. The van der Waals surface area contributed by atoms with Gasteiger partial charge >= 0.3 is 0 Å². The number of hydrogen-bond donors (Lipinski definition) is 0. The number of aromatic nitrogens is 2. The number of aryl methyl sites for hydroxylation is 1. The second-order valence-corrected chi connectivity index (χ2v) is 8.99. The van der Waals surface area contributed by atoms with E-state index in [0.717, 1.165) is 35.1 Å². The summed E-state index contributed by atoms with van der Waals surface area (Å²) in [5.74, 6) is 1.04. The lowest BCUT2D eigenvalue weighted by Crippen LogP contribution is -2.25. The molecule has 1 aliphatic rings. The average molecular weight is 483 g/mol. The number of ether oxygens (including phenoxy) is 2. The number of pyridine rings is 2. The van der Waals surface area contributed by atoms with Crippen LogP contribution in [0.15, 0.2) is 53.2 Å². The first-order chi connectivity index (χ1) is 17.4. The van der Waals surface area contributed by atoms with Crippen molar-refractivity contribution in [1.29, 1.82) is 0 Å². The summed E-state index contributed by atoms with van der Waals surface area (Å²) in [6.45, 7) is 11.0. The molecule has 0 aliphatic carbocycles. The molecule has 1 saturated heterocycles. The van der Waals surface area contributed by atoms with Gasteiger partial charge in [-0.15, -0.1) is 0 Å². The Morgan fingerprint density at radius 1 is 1.11 bits per heavy atom. The second-order valence-electron chi connectivity index (χ2n) is 8.99. The highest BCUT2D eigenvalue weighted by molar-refractivity contribution is 5.94. The lowest BCUT2D eigenvalue weighted by Gasteiger charge is -2.24. The molecule has 5 rings (SSSR count). The number of furan rings is 1. The number of rotatable bonds is 5. The molecule has 1 amide bonds. The van der Waals surface area contributed by atoms with Gasteiger partial charge in [0.1, 0.15) is 28.8 Å². The Morgan fingerprint density at radius 3 is 2.64 bits per heavy atom. The van der Waals surface area contributed by atoms with Crippen molar-refractivity contribution >= 4 is 22.7 Å². The van der Waals surface area contributed by atoms with Crippen LogP contribution in [0.3, 0.4) is 0 Å². The standard InChI is InChI=1S/C28H26N4O4/c1-17-13-24(28(33)32(3)4)31-16-21(17)26-15-23-27(36-26)20(7-10-30-23)18-5-6-25(22(14-18)29-2)35-19-8-11-34-12-9-19/h5-7,10,13-16,19H,8-9,11-12H2,1,3-4H3. The lowest BCUT2D eigenvalue weighted by atomic mass is 10.0. The monoisotopic (exact) mass is 482 g/mol. The molecule has 4 aromatic rings. The van der Waals surface area contributed by atoms with Gasteiger partial charge in [0.15, 0.2) is 5.58 Å². The molecular formula is C28H26N4O4. The minimum atomic E-state index is -0.155. The van der Waals surface area contributed by atoms with Gasteiger partial charge in [-0.2, -0.15) is 0 Å². The maximum absolute atomic E-state index is 12.3. The van der Waals surface area contributed by atoms with Crippen LogP contribution in [0.2, 0.25) is 0 Å². The number of fused-ring (bicyclic) bond motifs is 1.